The van der Waals surface area contributed by atoms with Gasteiger partial charge in [-0.2, -0.15) is 0 Å². The molecule has 0 bridgehead atoms. The summed E-state index contributed by atoms with van der Waals surface area (Å²) >= 11 is 4.17. The van der Waals surface area contributed by atoms with Crippen molar-refractivity contribution in [3.05, 3.63) is 68.9 Å². The van der Waals surface area contributed by atoms with Gasteiger partial charge in [0.05, 0.1) is 10.6 Å². The maximum absolute atomic E-state index is 13.9. The first-order chi connectivity index (χ1) is 12.5. The van der Waals surface area contributed by atoms with E-state index in [0.29, 0.717) is 20.9 Å². The maximum Gasteiger partial charge on any atom is 0.260 e. The van der Waals surface area contributed by atoms with Gasteiger partial charge in [-0.05, 0) is 30.5 Å². The molecule has 0 fully saturated rings. The lowest BCUT2D eigenvalue weighted by Crippen LogP contribution is -2.12. The number of nitrogens with one attached hydrogen (secondary N) is 1. The molecule has 3 nitrogen and oxygen atoms in total. The van der Waals surface area contributed by atoms with Crippen LogP contribution in [0.2, 0.25) is 0 Å². The lowest BCUT2D eigenvalue weighted by Gasteiger charge is -2.11. The van der Waals surface area contributed by atoms with Crippen LogP contribution in [-0.2, 0) is 0 Å². The van der Waals surface area contributed by atoms with Gasteiger partial charge in [-0.1, -0.05) is 6.07 Å². The number of aromatic nitrogens is 2. The van der Waals surface area contributed by atoms with Gasteiger partial charge in [0.2, 0.25) is 0 Å². The fourth-order valence-corrected chi connectivity index (χ4v) is 5.28. The van der Waals surface area contributed by atoms with E-state index in [4.69, 9.17) is 0 Å². The van der Waals surface area contributed by atoms with Crippen molar-refractivity contribution < 1.29 is 8.78 Å². The maximum atomic E-state index is 13.9. The van der Waals surface area contributed by atoms with E-state index in [0.717, 1.165) is 16.5 Å². The Morgan fingerprint density at radius 2 is 2.08 bits per heavy atom. The van der Waals surface area contributed by atoms with Gasteiger partial charge >= 0.3 is 0 Å². The second-order valence-corrected chi connectivity index (χ2v) is 8.78. The Hall–Kier alpha value is -2.03. The Balaban J connectivity index is 1.70. The summed E-state index contributed by atoms with van der Waals surface area (Å²) in [7, 11) is 0. The third-order valence-electron chi connectivity index (χ3n) is 3.83. The van der Waals surface area contributed by atoms with Gasteiger partial charge in [0, 0.05) is 26.8 Å². The van der Waals surface area contributed by atoms with E-state index in [9.17, 15) is 13.6 Å². The van der Waals surface area contributed by atoms with Crippen molar-refractivity contribution in [1.29, 1.82) is 0 Å². The highest BCUT2D eigenvalue weighted by Crippen LogP contribution is 2.37. The van der Waals surface area contributed by atoms with Crippen LogP contribution in [0.15, 0.2) is 50.8 Å². The molecule has 1 atom stereocenters. The van der Waals surface area contributed by atoms with Crippen LogP contribution >= 0.6 is 34.4 Å². The second kappa shape index (κ2) is 6.94. The molecule has 3 heterocycles. The number of thiophene rings is 2. The SMILES string of the molecule is C[C@H](Sc1ccc(F)cc1F)c1nc2scc(-c3cccs3)c2c(=O)[nH]1. The number of nitrogens with zero attached hydrogens (tertiary/aromatic N) is 1. The number of rotatable bonds is 4. The zero-order chi connectivity index (χ0) is 18.3. The van der Waals surface area contributed by atoms with Crippen LogP contribution in [-0.4, -0.2) is 9.97 Å². The summed E-state index contributed by atoms with van der Waals surface area (Å²) < 4.78 is 26.9. The first-order valence-corrected chi connectivity index (χ1v) is 10.3. The van der Waals surface area contributed by atoms with Gasteiger partial charge in [0.15, 0.2) is 0 Å². The van der Waals surface area contributed by atoms with E-state index in [2.05, 4.69) is 9.97 Å². The smallest absolute Gasteiger partial charge is 0.260 e. The molecule has 0 saturated carbocycles. The van der Waals surface area contributed by atoms with Gasteiger partial charge in [-0.3, -0.25) is 4.79 Å². The first kappa shape index (κ1) is 17.4. The predicted octanol–water partition coefficient (Wildman–Crippen LogP) is 5.84. The number of hydrogen-bond donors (Lipinski definition) is 1. The minimum Gasteiger partial charge on any atom is -0.309 e. The van der Waals surface area contributed by atoms with Gasteiger partial charge in [-0.15, -0.1) is 34.4 Å². The Labute approximate surface area is 159 Å². The van der Waals surface area contributed by atoms with Crippen LogP contribution in [0.5, 0.6) is 0 Å². The molecule has 0 spiro atoms. The molecule has 0 radical (unpaired) electrons. The predicted molar refractivity (Wildman–Crippen MR) is 104 cm³/mol. The first-order valence-electron chi connectivity index (χ1n) is 7.70. The fraction of sp³-hybridized carbons (Fsp3) is 0.111. The van der Waals surface area contributed by atoms with E-state index in [-0.39, 0.29) is 10.8 Å². The molecule has 1 N–H and O–H groups in total. The minimum atomic E-state index is -0.624. The van der Waals surface area contributed by atoms with Crippen molar-refractivity contribution >= 4 is 44.7 Å². The number of hydrogen-bond acceptors (Lipinski definition) is 5. The minimum absolute atomic E-state index is 0.207. The molecule has 8 heteroatoms. The van der Waals surface area contributed by atoms with Crippen molar-refractivity contribution in [3.8, 4) is 10.4 Å². The van der Waals surface area contributed by atoms with E-state index in [1.807, 2.05) is 29.8 Å². The summed E-state index contributed by atoms with van der Waals surface area (Å²) in [6.45, 7) is 1.82. The van der Waals surface area contributed by atoms with Crippen LogP contribution in [0.4, 0.5) is 8.78 Å². The molecule has 4 aromatic rings. The third kappa shape index (κ3) is 3.20. The lowest BCUT2D eigenvalue weighted by atomic mass is 10.2. The molecular formula is C18H12F2N2OS3. The lowest BCUT2D eigenvalue weighted by molar-refractivity contribution is 0.565. The molecule has 0 unspecified atom stereocenters. The summed E-state index contributed by atoms with van der Waals surface area (Å²) in [5.74, 6) is -0.774. The largest absolute Gasteiger partial charge is 0.309 e. The normalized spacial score (nSPS) is 12.6. The monoisotopic (exact) mass is 406 g/mol. The van der Waals surface area contributed by atoms with Crippen molar-refractivity contribution in [1.82, 2.24) is 9.97 Å². The molecular weight excluding hydrogens is 394 g/mol. The standard InChI is InChI=1S/C18H12F2N2OS3/c1-9(26-14-5-4-10(19)7-12(14)20)16-21-17(23)15-11(8-25-18(15)22-16)13-3-2-6-24-13/h2-9H,1H3,(H,21,22,23)/t9-/m0/s1. The van der Waals surface area contributed by atoms with Gasteiger partial charge in [0.1, 0.15) is 22.3 Å². The van der Waals surface area contributed by atoms with Crippen LogP contribution in [0.3, 0.4) is 0 Å². The van der Waals surface area contributed by atoms with E-state index in [1.54, 1.807) is 11.3 Å². The Bertz CT molecular complexity index is 1140. The molecule has 1 aromatic carbocycles. The van der Waals surface area contributed by atoms with E-state index >= 15 is 0 Å². The topological polar surface area (TPSA) is 45.8 Å². The molecule has 0 aliphatic carbocycles. The molecule has 132 valence electrons. The highest BCUT2D eigenvalue weighted by atomic mass is 32.2. The van der Waals surface area contributed by atoms with E-state index < -0.39 is 11.6 Å². The third-order valence-corrected chi connectivity index (χ3v) is 6.77. The van der Waals surface area contributed by atoms with Crippen molar-refractivity contribution in [2.24, 2.45) is 0 Å². The van der Waals surface area contributed by atoms with Crippen LogP contribution in [0.25, 0.3) is 20.7 Å². The number of aromatic amines is 1. The summed E-state index contributed by atoms with van der Waals surface area (Å²) in [6, 6.07) is 7.36. The summed E-state index contributed by atoms with van der Waals surface area (Å²) in [4.78, 5) is 22.0. The quantitative estimate of drug-likeness (QED) is 0.433. The Morgan fingerprint density at radius 3 is 2.81 bits per heavy atom. The number of thioether (sulfide) groups is 1. The second-order valence-electron chi connectivity index (χ2n) is 5.59. The van der Waals surface area contributed by atoms with Crippen LogP contribution in [0.1, 0.15) is 18.0 Å². The highest BCUT2D eigenvalue weighted by Gasteiger charge is 2.18. The number of H-pyrrole nitrogens is 1. The van der Waals surface area contributed by atoms with Crippen molar-refractivity contribution in [2.45, 2.75) is 17.1 Å². The number of halogens is 2. The molecule has 0 aliphatic heterocycles. The molecule has 4 rings (SSSR count). The summed E-state index contributed by atoms with van der Waals surface area (Å²) in [6.07, 6.45) is 0. The summed E-state index contributed by atoms with van der Waals surface area (Å²) in [5, 5.41) is 4.18. The van der Waals surface area contributed by atoms with Gasteiger partial charge in [-0.25, -0.2) is 13.8 Å². The van der Waals surface area contributed by atoms with Gasteiger partial charge in [0.25, 0.3) is 5.56 Å². The average molecular weight is 407 g/mol. The zero-order valence-electron chi connectivity index (χ0n) is 13.5. The molecule has 26 heavy (non-hydrogen) atoms. The molecule has 3 aromatic heterocycles. The zero-order valence-corrected chi connectivity index (χ0v) is 15.9. The van der Waals surface area contributed by atoms with Crippen molar-refractivity contribution in [2.75, 3.05) is 0 Å². The highest BCUT2D eigenvalue weighted by molar-refractivity contribution is 7.99. The average Bonchev–Trinajstić information content (AvgIpc) is 3.26. The summed E-state index contributed by atoms with van der Waals surface area (Å²) in [5.41, 5.74) is 0.673. The van der Waals surface area contributed by atoms with Crippen molar-refractivity contribution in [3.63, 3.8) is 0 Å². The fourth-order valence-electron chi connectivity index (χ4n) is 2.59. The molecule has 0 aliphatic rings. The van der Waals surface area contributed by atoms with Crippen LogP contribution in [0, 0.1) is 11.6 Å². The molecule has 0 amide bonds. The number of fused-ring (bicyclic) bond motifs is 1. The van der Waals surface area contributed by atoms with Gasteiger partial charge < -0.3 is 4.98 Å². The van der Waals surface area contributed by atoms with Crippen LogP contribution < -0.4 is 5.56 Å². The van der Waals surface area contributed by atoms with E-state index in [1.165, 1.54) is 35.2 Å². The molecule has 0 saturated heterocycles. The Morgan fingerprint density at radius 1 is 1.23 bits per heavy atom. The number of benzene rings is 1. The Kier molecular flexibility index (Phi) is 4.64.